The molecule has 5 rings (SSSR count). The molecule has 4 aromatic rings. The number of likely N-dealkylation sites (tertiary alicyclic amines) is 1. The number of aromatic nitrogens is 4. The number of fused-ring (bicyclic) bond motifs is 2. The van der Waals surface area contributed by atoms with Crippen LogP contribution in [0, 0.1) is 0 Å². The molecule has 26 heavy (non-hydrogen) atoms. The Morgan fingerprint density at radius 1 is 1.15 bits per heavy atom. The molecule has 0 radical (unpaired) electrons. The number of piperidine rings is 1. The molecule has 1 aromatic carbocycles. The topological polar surface area (TPSA) is 82.9 Å². The Kier molecular flexibility index (Phi) is 3.79. The number of nitrogens with zero attached hydrogens (tertiary/aromatic N) is 4. The van der Waals surface area contributed by atoms with E-state index in [0.717, 1.165) is 53.0 Å². The predicted molar refractivity (Wildman–Crippen MR) is 100 cm³/mol. The molecule has 1 saturated heterocycles. The summed E-state index contributed by atoms with van der Waals surface area (Å²) in [4.78, 5) is 6.82. The maximum absolute atomic E-state index is 5.58. The van der Waals surface area contributed by atoms with Gasteiger partial charge in [-0.25, -0.2) is 0 Å². The van der Waals surface area contributed by atoms with Gasteiger partial charge in [-0.2, -0.15) is 5.10 Å². The molecule has 0 aliphatic carbocycles. The standard InChI is InChI=1S/C19H20N6O/c1-2-9-25(10-3-1)12-16-14-7-6-13(11-17(14)26-24-16)21-19-18-15(22-23-19)5-4-8-20-18/h4-8,11H,1-3,9-10,12H2,(H2,21,22,23). The van der Waals surface area contributed by atoms with Crippen LogP contribution in [0.3, 0.4) is 0 Å². The van der Waals surface area contributed by atoms with Crippen molar-refractivity contribution in [3.63, 3.8) is 0 Å². The lowest BCUT2D eigenvalue weighted by Gasteiger charge is -2.25. The van der Waals surface area contributed by atoms with Gasteiger partial charge >= 0.3 is 0 Å². The Bertz CT molecular complexity index is 1050. The van der Waals surface area contributed by atoms with Crippen LogP contribution in [0.4, 0.5) is 11.5 Å². The van der Waals surface area contributed by atoms with Gasteiger partial charge in [-0.15, -0.1) is 0 Å². The van der Waals surface area contributed by atoms with E-state index in [-0.39, 0.29) is 0 Å². The molecule has 2 N–H and O–H groups in total. The number of hydrogen-bond donors (Lipinski definition) is 2. The molecular weight excluding hydrogens is 328 g/mol. The van der Waals surface area contributed by atoms with Crippen molar-refractivity contribution in [3.8, 4) is 0 Å². The molecule has 4 heterocycles. The lowest BCUT2D eigenvalue weighted by Crippen LogP contribution is -2.29. The zero-order valence-electron chi connectivity index (χ0n) is 14.4. The zero-order chi connectivity index (χ0) is 17.3. The van der Waals surface area contributed by atoms with Crippen molar-refractivity contribution in [2.75, 3.05) is 18.4 Å². The molecule has 132 valence electrons. The van der Waals surface area contributed by atoms with Crippen LogP contribution in [0.5, 0.6) is 0 Å². The van der Waals surface area contributed by atoms with Gasteiger partial charge in [0.2, 0.25) is 0 Å². The van der Waals surface area contributed by atoms with Gasteiger partial charge in [-0.3, -0.25) is 15.0 Å². The maximum atomic E-state index is 5.58. The average molecular weight is 348 g/mol. The van der Waals surface area contributed by atoms with Gasteiger partial charge in [0.1, 0.15) is 11.2 Å². The van der Waals surface area contributed by atoms with Crippen molar-refractivity contribution >= 4 is 33.5 Å². The van der Waals surface area contributed by atoms with E-state index in [9.17, 15) is 0 Å². The molecule has 1 aliphatic heterocycles. The van der Waals surface area contributed by atoms with Crippen LogP contribution in [0.15, 0.2) is 41.1 Å². The number of aromatic amines is 1. The third kappa shape index (κ3) is 2.80. The molecule has 0 atom stereocenters. The van der Waals surface area contributed by atoms with Gasteiger partial charge in [-0.05, 0) is 50.2 Å². The minimum Gasteiger partial charge on any atom is -0.356 e. The Morgan fingerprint density at radius 3 is 3.00 bits per heavy atom. The van der Waals surface area contributed by atoms with Crippen molar-refractivity contribution in [3.05, 3.63) is 42.2 Å². The highest BCUT2D eigenvalue weighted by molar-refractivity contribution is 5.89. The Hall–Kier alpha value is -2.93. The second-order valence-corrected chi connectivity index (χ2v) is 6.77. The predicted octanol–water partition coefficient (Wildman–Crippen LogP) is 3.83. The third-order valence-electron chi connectivity index (χ3n) is 4.95. The molecule has 0 amide bonds. The summed E-state index contributed by atoms with van der Waals surface area (Å²) in [6, 6.07) is 9.89. The molecule has 0 saturated carbocycles. The summed E-state index contributed by atoms with van der Waals surface area (Å²) in [6.07, 6.45) is 5.64. The van der Waals surface area contributed by atoms with Crippen molar-refractivity contribution in [1.82, 2.24) is 25.2 Å². The molecule has 1 fully saturated rings. The van der Waals surface area contributed by atoms with Gasteiger partial charge in [0.25, 0.3) is 0 Å². The van der Waals surface area contributed by atoms with Crippen LogP contribution in [0.1, 0.15) is 25.0 Å². The molecule has 7 heteroatoms. The van der Waals surface area contributed by atoms with Crippen LogP contribution in [-0.2, 0) is 6.54 Å². The van der Waals surface area contributed by atoms with Gasteiger partial charge in [0.05, 0.1) is 5.52 Å². The molecule has 3 aromatic heterocycles. The van der Waals surface area contributed by atoms with Gasteiger partial charge in [0.15, 0.2) is 11.4 Å². The fourth-order valence-electron chi connectivity index (χ4n) is 3.59. The van der Waals surface area contributed by atoms with Crippen LogP contribution in [-0.4, -0.2) is 38.3 Å². The Labute approximate surface area is 150 Å². The molecule has 0 unspecified atom stereocenters. The van der Waals surface area contributed by atoms with E-state index >= 15 is 0 Å². The van der Waals surface area contributed by atoms with Crippen LogP contribution < -0.4 is 5.32 Å². The summed E-state index contributed by atoms with van der Waals surface area (Å²) < 4.78 is 5.58. The first kappa shape index (κ1) is 15.3. The summed E-state index contributed by atoms with van der Waals surface area (Å²) in [6.45, 7) is 3.15. The van der Waals surface area contributed by atoms with E-state index in [1.165, 1.54) is 19.3 Å². The zero-order valence-corrected chi connectivity index (χ0v) is 14.4. The molecular formula is C19H20N6O. The van der Waals surface area contributed by atoms with Crippen molar-refractivity contribution in [1.29, 1.82) is 0 Å². The number of rotatable bonds is 4. The van der Waals surface area contributed by atoms with E-state index < -0.39 is 0 Å². The number of H-pyrrole nitrogens is 1. The smallest absolute Gasteiger partial charge is 0.178 e. The first-order chi connectivity index (χ1) is 12.9. The number of hydrogen-bond acceptors (Lipinski definition) is 6. The fourth-order valence-corrected chi connectivity index (χ4v) is 3.59. The van der Waals surface area contributed by atoms with Crippen molar-refractivity contribution < 1.29 is 4.52 Å². The van der Waals surface area contributed by atoms with Crippen LogP contribution in [0.25, 0.3) is 22.0 Å². The summed E-state index contributed by atoms with van der Waals surface area (Å²) in [7, 11) is 0. The average Bonchev–Trinajstić information content (AvgIpc) is 3.27. The highest BCUT2D eigenvalue weighted by Gasteiger charge is 2.16. The number of anilines is 2. The summed E-state index contributed by atoms with van der Waals surface area (Å²) >= 11 is 0. The van der Waals surface area contributed by atoms with E-state index in [2.05, 4.69) is 36.6 Å². The largest absolute Gasteiger partial charge is 0.356 e. The molecule has 0 bridgehead atoms. The van der Waals surface area contributed by atoms with E-state index in [1.807, 2.05) is 24.3 Å². The molecule has 1 aliphatic rings. The summed E-state index contributed by atoms with van der Waals surface area (Å²) in [5.41, 5.74) is 4.42. The Balaban J connectivity index is 1.40. The SMILES string of the molecule is c1cnc2c(Nc3ccc4c(CN5CCCCC5)noc4c3)n[nH]c2c1. The van der Waals surface area contributed by atoms with Gasteiger partial charge in [-0.1, -0.05) is 11.6 Å². The number of pyridine rings is 1. The van der Waals surface area contributed by atoms with Crippen molar-refractivity contribution in [2.45, 2.75) is 25.8 Å². The van der Waals surface area contributed by atoms with Gasteiger partial charge in [0, 0.05) is 29.9 Å². The Morgan fingerprint density at radius 2 is 2.08 bits per heavy atom. The van der Waals surface area contributed by atoms with E-state index in [1.54, 1.807) is 6.20 Å². The number of benzene rings is 1. The van der Waals surface area contributed by atoms with Crippen molar-refractivity contribution in [2.24, 2.45) is 0 Å². The minimum absolute atomic E-state index is 0.702. The fraction of sp³-hybridized carbons (Fsp3) is 0.316. The van der Waals surface area contributed by atoms with Crippen LogP contribution in [0.2, 0.25) is 0 Å². The second-order valence-electron chi connectivity index (χ2n) is 6.77. The van der Waals surface area contributed by atoms with Crippen LogP contribution >= 0.6 is 0 Å². The van der Waals surface area contributed by atoms with E-state index in [0.29, 0.717) is 5.82 Å². The van der Waals surface area contributed by atoms with E-state index in [4.69, 9.17) is 4.52 Å². The lowest BCUT2D eigenvalue weighted by molar-refractivity contribution is 0.216. The summed E-state index contributed by atoms with van der Waals surface area (Å²) in [5, 5.41) is 16.0. The monoisotopic (exact) mass is 348 g/mol. The lowest BCUT2D eigenvalue weighted by atomic mass is 10.1. The maximum Gasteiger partial charge on any atom is 0.178 e. The minimum atomic E-state index is 0.702. The third-order valence-corrected chi connectivity index (χ3v) is 4.95. The molecule has 7 nitrogen and oxygen atoms in total. The first-order valence-corrected chi connectivity index (χ1v) is 9.03. The normalized spacial score (nSPS) is 15.7. The highest BCUT2D eigenvalue weighted by Crippen LogP contribution is 2.27. The quantitative estimate of drug-likeness (QED) is 0.583. The highest BCUT2D eigenvalue weighted by atomic mass is 16.5. The summed E-state index contributed by atoms with van der Waals surface area (Å²) in [5.74, 6) is 0.702. The van der Waals surface area contributed by atoms with Gasteiger partial charge < -0.3 is 9.84 Å². The first-order valence-electron chi connectivity index (χ1n) is 9.03. The second kappa shape index (κ2) is 6.42. The number of nitrogens with one attached hydrogen (secondary N) is 2. The molecule has 0 spiro atoms.